The number of thiazole rings is 1. The minimum absolute atomic E-state index is 0.224. The first-order chi connectivity index (χ1) is 14.0. The van der Waals surface area contributed by atoms with Crippen molar-refractivity contribution in [1.29, 1.82) is 0 Å². The van der Waals surface area contributed by atoms with Crippen molar-refractivity contribution in [3.05, 3.63) is 64.5 Å². The Hall–Kier alpha value is -2.35. The van der Waals surface area contributed by atoms with E-state index in [1.54, 1.807) is 42.7 Å². The number of carbonyl (C=O) groups is 1. The number of aromatic nitrogens is 1. The van der Waals surface area contributed by atoms with Crippen LogP contribution in [-0.4, -0.2) is 33.5 Å². The van der Waals surface area contributed by atoms with E-state index in [2.05, 4.69) is 28.5 Å². The fourth-order valence-corrected chi connectivity index (χ4v) is 4.96. The molecule has 1 unspecified atom stereocenters. The second-order valence-corrected chi connectivity index (χ2v) is 9.83. The first-order valence-electron chi connectivity index (χ1n) is 9.59. The standard InChI is InChI=1S/C22H23N3O2S2/c1-25(2)29(27)19-11-9-16(10-12-19)21(26)24-22-23-20(14-28-22)18-8-7-15-5-3-4-6-17(15)13-18/h7-14H,3-6H2,1-2H3,(H,23,24,26). The Kier molecular flexibility index (Phi) is 5.89. The highest BCUT2D eigenvalue weighted by molar-refractivity contribution is 7.82. The molecule has 0 saturated carbocycles. The van der Waals surface area contributed by atoms with Gasteiger partial charge in [0.05, 0.1) is 10.6 Å². The molecule has 1 N–H and O–H groups in total. The highest BCUT2D eigenvalue weighted by Crippen LogP contribution is 2.29. The molecule has 1 atom stereocenters. The van der Waals surface area contributed by atoms with Crippen molar-refractivity contribution in [3.8, 4) is 11.3 Å². The molecule has 0 fully saturated rings. The first-order valence-corrected chi connectivity index (χ1v) is 11.6. The van der Waals surface area contributed by atoms with E-state index in [0.717, 1.165) is 24.1 Å². The van der Waals surface area contributed by atoms with E-state index in [4.69, 9.17) is 0 Å². The summed E-state index contributed by atoms with van der Waals surface area (Å²) < 4.78 is 13.7. The fourth-order valence-electron chi connectivity index (χ4n) is 3.46. The summed E-state index contributed by atoms with van der Waals surface area (Å²) in [6, 6.07) is 13.4. The first kappa shape index (κ1) is 19.9. The summed E-state index contributed by atoms with van der Waals surface area (Å²) in [6.45, 7) is 0. The molecule has 1 aliphatic rings. The van der Waals surface area contributed by atoms with Crippen molar-refractivity contribution in [2.24, 2.45) is 0 Å². The van der Waals surface area contributed by atoms with E-state index >= 15 is 0 Å². The van der Waals surface area contributed by atoms with Crippen LogP contribution in [0.4, 0.5) is 5.13 Å². The Labute approximate surface area is 177 Å². The van der Waals surface area contributed by atoms with Crippen molar-refractivity contribution in [2.75, 3.05) is 19.4 Å². The van der Waals surface area contributed by atoms with Gasteiger partial charge in [0.25, 0.3) is 5.91 Å². The predicted octanol–water partition coefficient (Wildman–Crippen LogP) is 4.53. The van der Waals surface area contributed by atoms with Gasteiger partial charge in [-0.1, -0.05) is 12.1 Å². The van der Waals surface area contributed by atoms with Gasteiger partial charge < -0.3 is 0 Å². The number of carbonyl (C=O) groups excluding carboxylic acids is 1. The van der Waals surface area contributed by atoms with Crippen molar-refractivity contribution in [1.82, 2.24) is 9.29 Å². The highest BCUT2D eigenvalue weighted by Gasteiger charge is 2.14. The van der Waals surface area contributed by atoms with Crippen LogP contribution in [0.1, 0.15) is 34.3 Å². The fraction of sp³-hybridized carbons (Fsp3) is 0.273. The number of aryl methyl sites for hydroxylation is 2. The molecule has 0 saturated heterocycles. The zero-order valence-corrected chi connectivity index (χ0v) is 18.1. The summed E-state index contributed by atoms with van der Waals surface area (Å²) in [5.74, 6) is -0.224. The second kappa shape index (κ2) is 8.57. The number of benzene rings is 2. The summed E-state index contributed by atoms with van der Waals surface area (Å²) in [4.78, 5) is 17.8. The van der Waals surface area contributed by atoms with Gasteiger partial charge in [0.15, 0.2) is 5.13 Å². The number of nitrogens with zero attached hydrogens (tertiary/aromatic N) is 2. The molecule has 3 aromatic rings. The van der Waals surface area contributed by atoms with Gasteiger partial charge in [-0.25, -0.2) is 13.5 Å². The van der Waals surface area contributed by atoms with Crippen LogP contribution in [0.25, 0.3) is 11.3 Å². The number of fused-ring (bicyclic) bond motifs is 1. The van der Waals surface area contributed by atoms with Gasteiger partial charge in [-0.05, 0) is 81.2 Å². The van der Waals surface area contributed by atoms with Gasteiger partial charge in [-0.3, -0.25) is 10.1 Å². The molecule has 2 aromatic carbocycles. The van der Waals surface area contributed by atoms with Crippen LogP contribution in [-0.2, 0) is 23.8 Å². The Balaban J connectivity index is 1.46. The third-order valence-electron chi connectivity index (χ3n) is 5.02. The molecule has 1 heterocycles. The molecule has 0 bridgehead atoms. The van der Waals surface area contributed by atoms with Crippen LogP contribution in [0, 0.1) is 0 Å². The normalized spacial score (nSPS) is 14.4. The highest BCUT2D eigenvalue weighted by atomic mass is 32.2. The molecule has 7 heteroatoms. The summed E-state index contributed by atoms with van der Waals surface area (Å²) in [7, 11) is 2.28. The molecule has 1 amide bonds. The zero-order chi connectivity index (χ0) is 20.4. The third-order valence-corrected chi connectivity index (χ3v) is 7.12. The van der Waals surface area contributed by atoms with Gasteiger partial charge in [0, 0.05) is 16.5 Å². The topological polar surface area (TPSA) is 62.3 Å². The molecular weight excluding hydrogens is 402 g/mol. The van der Waals surface area contributed by atoms with Crippen molar-refractivity contribution >= 4 is 33.4 Å². The van der Waals surface area contributed by atoms with E-state index in [-0.39, 0.29) is 5.91 Å². The lowest BCUT2D eigenvalue weighted by Crippen LogP contribution is -2.16. The van der Waals surface area contributed by atoms with E-state index in [1.807, 2.05) is 5.38 Å². The van der Waals surface area contributed by atoms with Crippen LogP contribution in [0.5, 0.6) is 0 Å². The lowest BCUT2D eigenvalue weighted by atomic mass is 9.90. The predicted molar refractivity (Wildman–Crippen MR) is 119 cm³/mol. The third kappa shape index (κ3) is 4.47. The molecule has 0 aliphatic heterocycles. The molecule has 4 rings (SSSR count). The van der Waals surface area contributed by atoms with Gasteiger partial charge in [0.1, 0.15) is 11.0 Å². The lowest BCUT2D eigenvalue weighted by Gasteiger charge is -2.16. The monoisotopic (exact) mass is 425 g/mol. The summed E-state index contributed by atoms with van der Waals surface area (Å²) >= 11 is 1.42. The largest absolute Gasteiger partial charge is 0.298 e. The maximum atomic E-state index is 12.5. The molecule has 1 aromatic heterocycles. The molecule has 29 heavy (non-hydrogen) atoms. The Morgan fingerprint density at radius 3 is 2.52 bits per heavy atom. The van der Waals surface area contributed by atoms with Crippen LogP contribution in [0.3, 0.4) is 0 Å². The summed E-state index contributed by atoms with van der Waals surface area (Å²) in [5.41, 5.74) is 5.35. The maximum Gasteiger partial charge on any atom is 0.257 e. The number of hydrogen-bond donors (Lipinski definition) is 1. The minimum Gasteiger partial charge on any atom is -0.298 e. The quantitative estimate of drug-likeness (QED) is 0.653. The van der Waals surface area contributed by atoms with Crippen molar-refractivity contribution in [2.45, 2.75) is 30.6 Å². The average Bonchev–Trinajstić information content (AvgIpc) is 3.21. The van der Waals surface area contributed by atoms with E-state index in [0.29, 0.717) is 15.6 Å². The van der Waals surface area contributed by atoms with Gasteiger partial charge in [0.2, 0.25) is 0 Å². The van der Waals surface area contributed by atoms with Gasteiger partial charge in [-0.2, -0.15) is 0 Å². The summed E-state index contributed by atoms with van der Waals surface area (Å²) in [6.07, 6.45) is 4.81. The molecule has 1 aliphatic carbocycles. The van der Waals surface area contributed by atoms with Crippen molar-refractivity contribution < 1.29 is 9.00 Å². The Morgan fingerprint density at radius 1 is 1.07 bits per heavy atom. The van der Waals surface area contributed by atoms with Gasteiger partial charge in [-0.15, -0.1) is 11.3 Å². The lowest BCUT2D eigenvalue weighted by molar-refractivity contribution is 0.102. The zero-order valence-electron chi connectivity index (χ0n) is 16.5. The average molecular weight is 426 g/mol. The van der Waals surface area contributed by atoms with Crippen LogP contribution < -0.4 is 5.32 Å². The summed E-state index contributed by atoms with van der Waals surface area (Å²) in [5, 5.41) is 5.41. The van der Waals surface area contributed by atoms with Crippen LogP contribution >= 0.6 is 11.3 Å². The molecule has 5 nitrogen and oxygen atoms in total. The number of rotatable bonds is 5. The van der Waals surface area contributed by atoms with E-state index in [1.165, 1.54) is 35.3 Å². The molecular formula is C22H23N3O2S2. The number of hydrogen-bond acceptors (Lipinski definition) is 4. The van der Waals surface area contributed by atoms with Crippen molar-refractivity contribution in [3.63, 3.8) is 0 Å². The number of anilines is 1. The second-order valence-electron chi connectivity index (χ2n) is 7.27. The van der Waals surface area contributed by atoms with Gasteiger partial charge >= 0.3 is 0 Å². The van der Waals surface area contributed by atoms with E-state index < -0.39 is 11.0 Å². The Bertz CT molecular complexity index is 1060. The number of amides is 1. The SMILES string of the molecule is CN(C)S(=O)c1ccc(C(=O)Nc2nc(-c3ccc4c(c3)CCCC4)cs2)cc1. The molecule has 0 radical (unpaired) electrons. The smallest absolute Gasteiger partial charge is 0.257 e. The minimum atomic E-state index is -1.22. The number of nitrogens with one attached hydrogen (secondary N) is 1. The van der Waals surface area contributed by atoms with E-state index in [9.17, 15) is 9.00 Å². The molecule has 150 valence electrons. The molecule has 0 spiro atoms. The Morgan fingerprint density at radius 2 is 1.79 bits per heavy atom. The maximum absolute atomic E-state index is 12.5. The van der Waals surface area contributed by atoms with Crippen LogP contribution in [0.15, 0.2) is 52.7 Å². The van der Waals surface area contributed by atoms with Crippen LogP contribution in [0.2, 0.25) is 0 Å².